The van der Waals surface area contributed by atoms with Crippen molar-refractivity contribution >= 4 is 17.0 Å². The highest BCUT2D eigenvalue weighted by molar-refractivity contribution is 5.92. The van der Waals surface area contributed by atoms with Gasteiger partial charge in [-0.15, -0.1) is 0 Å². The number of carboxylic acids is 1. The van der Waals surface area contributed by atoms with Gasteiger partial charge >= 0.3 is 5.97 Å². The van der Waals surface area contributed by atoms with E-state index in [-0.39, 0.29) is 17.1 Å². The number of hydrogen-bond donors (Lipinski definition) is 1. The van der Waals surface area contributed by atoms with Crippen molar-refractivity contribution < 1.29 is 19.4 Å². The second-order valence-electron chi connectivity index (χ2n) is 11.0. The number of aromatic nitrogens is 4. The molecule has 39 heavy (non-hydrogen) atoms. The first-order chi connectivity index (χ1) is 19.1. The second-order valence-corrected chi connectivity index (χ2v) is 11.0. The van der Waals surface area contributed by atoms with Crippen molar-refractivity contribution in [2.75, 3.05) is 19.7 Å². The first-order valence-electron chi connectivity index (χ1n) is 13.6. The van der Waals surface area contributed by atoms with Crippen LogP contribution in [0.5, 0.6) is 5.88 Å². The molecule has 2 aliphatic heterocycles. The number of nitrogens with zero attached hydrogens (tertiary/aromatic N) is 5. The smallest absolute Gasteiger partial charge is 0.335 e. The summed E-state index contributed by atoms with van der Waals surface area (Å²) < 4.78 is 13.9. The zero-order chi connectivity index (χ0) is 26.4. The summed E-state index contributed by atoms with van der Waals surface area (Å²) >= 11 is 0. The molecule has 0 spiro atoms. The number of piperidine rings is 1. The van der Waals surface area contributed by atoms with E-state index in [0.717, 1.165) is 73.6 Å². The molecule has 3 fully saturated rings. The average Bonchev–Trinajstić information content (AvgIpc) is 3.58. The Morgan fingerprint density at radius 2 is 2.10 bits per heavy atom. The van der Waals surface area contributed by atoms with E-state index in [1.165, 1.54) is 0 Å². The molecule has 9 heteroatoms. The van der Waals surface area contributed by atoms with Gasteiger partial charge in [-0.3, -0.25) is 9.88 Å². The molecule has 0 bridgehead atoms. The predicted molar refractivity (Wildman–Crippen MR) is 144 cm³/mol. The van der Waals surface area contributed by atoms with Crippen LogP contribution in [0.2, 0.25) is 0 Å². The van der Waals surface area contributed by atoms with Crippen molar-refractivity contribution in [1.29, 1.82) is 0 Å². The van der Waals surface area contributed by atoms with Gasteiger partial charge in [0.15, 0.2) is 0 Å². The van der Waals surface area contributed by atoms with E-state index in [4.69, 9.17) is 19.4 Å². The summed E-state index contributed by atoms with van der Waals surface area (Å²) in [4.78, 5) is 28.1. The molecule has 1 aliphatic carbocycles. The second kappa shape index (κ2) is 9.73. The van der Waals surface area contributed by atoms with Gasteiger partial charge in [0.25, 0.3) is 0 Å². The van der Waals surface area contributed by atoms with Crippen LogP contribution < -0.4 is 4.74 Å². The van der Waals surface area contributed by atoms with E-state index in [1.54, 1.807) is 18.3 Å². The zero-order valence-electron chi connectivity index (χ0n) is 21.7. The van der Waals surface area contributed by atoms with E-state index in [0.29, 0.717) is 24.9 Å². The topological polar surface area (TPSA) is 103 Å². The molecule has 1 saturated carbocycles. The molecule has 4 aromatic rings. The molecule has 3 atom stereocenters. The van der Waals surface area contributed by atoms with Crippen molar-refractivity contribution in [2.24, 2.45) is 5.92 Å². The van der Waals surface area contributed by atoms with Crippen molar-refractivity contribution in [3.05, 3.63) is 83.6 Å². The standard InChI is InChI=1S/C30H31N5O4/c36-29(37)21-6-7-24-25(13-21)35(17-23-8-12-38-23)27(32-24)18-34-11-9-30(14-22(30)16-34)26-4-1-5-28(33-26)39-19-20-3-2-10-31-15-20/h1-7,10,13,15,22-23H,8-9,11-12,14,16-19H2,(H,36,37)/t22?,23-,30?/m0/s1. The normalized spacial score (nSPS) is 24.2. The fourth-order valence-corrected chi connectivity index (χ4v) is 6.15. The van der Waals surface area contributed by atoms with E-state index >= 15 is 0 Å². The largest absolute Gasteiger partial charge is 0.478 e. The lowest BCUT2D eigenvalue weighted by Crippen LogP contribution is -2.37. The summed E-state index contributed by atoms with van der Waals surface area (Å²) in [6.07, 6.45) is 6.93. The summed E-state index contributed by atoms with van der Waals surface area (Å²) in [5.41, 5.74) is 4.26. The Hall–Kier alpha value is -3.82. The van der Waals surface area contributed by atoms with Crippen LogP contribution in [0.4, 0.5) is 0 Å². The Morgan fingerprint density at radius 1 is 1.18 bits per heavy atom. The number of hydrogen-bond acceptors (Lipinski definition) is 7. The molecule has 3 aliphatic rings. The lowest BCUT2D eigenvalue weighted by Gasteiger charge is -2.32. The summed E-state index contributed by atoms with van der Waals surface area (Å²) in [7, 11) is 0. The van der Waals surface area contributed by atoms with Crippen LogP contribution in [-0.4, -0.2) is 61.3 Å². The summed E-state index contributed by atoms with van der Waals surface area (Å²) in [6.45, 7) is 4.63. The number of imidazole rings is 1. The van der Waals surface area contributed by atoms with E-state index in [2.05, 4.69) is 20.5 Å². The van der Waals surface area contributed by atoms with E-state index in [9.17, 15) is 9.90 Å². The molecule has 2 unspecified atom stereocenters. The lowest BCUT2D eigenvalue weighted by molar-refractivity contribution is -0.0592. The van der Waals surface area contributed by atoms with Crippen molar-refractivity contribution in [3.8, 4) is 5.88 Å². The third kappa shape index (κ3) is 4.66. The molecule has 200 valence electrons. The van der Waals surface area contributed by atoms with E-state index in [1.807, 2.05) is 36.5 Å². The SMILES string of the molecule is O=C(O)c1ccc2nc(CN3CCC4(c5cccc(OCc6cccnc6)n5)CC4C3)n(C[C@@H]3CCO3)c2c1. The maximum absolute atomic E-state index is 11.6. The predicted octanol–water partition coefficient (Wildman–Crippen LogP) is 4.06. The van der Waals surface area contributed by atoms with Gasteiger partial charge in [-0.25, -0.2) is 14.8 Å². The highest BCUT2D eigenvalue weighted by Gasteiger charge is 2.58. The fraction of sp³-hybridized carbons (Fsp3) is 0.400. The Labute approximate surface area is 226 Å². The Bertz CT molecular complexity index is 1520. The van der Waals surface area contributed by atoms with Crippen molar-refractivity contribution in [1.82, 2.24) is 24.4 Å². The molecular formula is C30H31N5O4. The van der Waals surface area contributed by atoms with Crippen molar-refractivity contribution in [3.63, 3.8) is 0 Å². The van der Waals surface area contributed by atoms with Crippen LogP contribution in [0.1, 0.15) is 46.7 Å². The Kier molecular flexibility index (Phi) is 6.05. The van der Waals surface area contributed by atoms with Crippen LogP contribution in [0, 0.1) is 5.92 Å². The van der Waals surface area contributed by atoms with Gasteiger partial charge in [0, 0.05) is 42.6 Å². The lowest BCUT2D eigenvalue weighted by atomic mass is 9.91. The van der Waals surface area contributed by atoms with Gasteiger partial charge in [-0.05, 0) is 62.1 Å². The number of rotatable bonds is 9. The molecule has 0 radical (unpaired) electrons. The number of likely N-dealkylation sites (tertiary alicyclic amines) is 1. The quantitative estimate of drug-likeness (QED) is 0.349. The number of pyridine rings is 2. The molecule has 0 amide bonds. The van der Waals surface area contributed by atoms with Gasteiger partial charge in [-0.1, -0.05) is 12.1 Å². The van der Waals surface area contributed by atoms with E-state index < -0.39 is 5.97 Å². The highest BCUT2D eigenvalue weighted by Crippen LogP contribution is 2.58. The number of aromatic carboxylic acids is 1. The van der Waals surface area contributed by atoms with Crippen LogP contribution in [0.15, 0.2) is 60.9 Å². The highest BCUT2D eigenvalue weighted by atomic mass is 16.5. The minimum atomic E-state index is -0.924. The van der Waals surface area contributed by atoms with Crippen LogP contribution in [-0.2, 0) is 29.8 Å². The van der Waals surface area contributed by atoms with Crippen LogP contribution in [0.3, 0.4) is 0 Å². The van der Waals surface area contributed by atoms with Crippen LogP contribution >= 0.6 is 0 Å². The van der Waals surface area contributed by atoms with Gasteiger partial charge in [0.05, 0.1) is 41.5 Å². The number of ether oxygens (including phenoxy) is 2. The molecular weight excluding hydrogens is 494 g/mol. The Balaban J connectivity index is 1.06. The number of benzene rings is 1. The zero-order valence-corrected chi connectivity index (χ0v) is 21.7. The molecule has 5 heterocycles. The fourth-order valence-electron chi connectivity index (χ4n) is 6.15. The molecule has 1 N–H and O–H groups in total. The first kappa shape index (κ1) is 24.2. The molecule has 3 aromatic heterocycles. The maximum Gasteiger partial charge on any atom is 0.335 e. The average molecular weight is 526 g/mol. The first-order valence-corrected chi connectivity index (χ1v) is 13.6. The summed E-state index contributed by atoms with van der Waals surface area (Å²) in [5, 5.41) is 9.52. The summed E-state index contributed by atoms with van der Waals surface area (Å²) in [5.74, 6) is 1.26. The van der Waals surface area contributed by atoms with Crippen LogP contribution in [0.25, 0.3) is 11.0 Å². The van der Waals surface area contributed by atoms with Gasteiger partial charge in [-0.2, -0.15) is 0 Å². The maximum atomic E-state index is 11.6. The molecule has 2 saturated heterocycles. The molecule has 7 rings (SSSR count). The molecule has 1 aromatic carbocycles. The molecule has 9 nitrogen and oxygen atoms in total. The van der Waals surface area contributed by atoms with Gasteiger partial charge < -0.3 is 19.1 Å². The van der Waals surface area contributed by atoms with Crippen molar-refractivity contribution in [2.45, 2.75) is 50.5 Å². The van der Waals surface area contributed by atoms with Gasteiger partial charge in [0.2, 0.25) is 5.88 Å². The third-order valence-electron chi connectivity index (χ3n) is 8.55. The number of carbonyl (C=O) groups is 1. The monoisotopic (exact) mass is 525 g/mol. The number of carboxylic acid groups (broad SMARTS) is 1. The van der Waals surface area contributed by atoms with Gasteiger partial charge in [0.1, 0.15) is 12.4 Å². The minimum Gasteiger partial charge on any atom is -0.478 e. The number of fused-ring (bicyclic) bond motifs is 2. The Morgan fingerprint density at radius 3 is 2.87 bits per heavy atom. The third-order valence-corrected chi connectivity index (χ3v) is 8.55. The minimum absolute atomic E-state index is 0.125. The summed E-state index contributed by atoms with van der Waals surface area (Å²) in [6, 6.07) is 15.2.